The lowest BCUT2D eigenvalue weighted by Crippen LogP contribution is -2.11. The van der Waals surface area contributed by atoms with Crippen LogP contribution in [0.25, 0.3) is 11.1 Å². The third-order valence-electron chi connectivity index (χ3n) is 2.47. The quantitative estimate of drug-likeness (QED) is 0.786. The number of aromatic nitrogens is 1. The predicted octanol–water partition coefficient (Wildman–Crippen LogP) is 3.07. The van der Waals surface area contributed by atoms with E-state index in [0.717, 1.165) is 11.1 Å². The van der Waals surface area contributed by atoms with Crippen molar-refractivity contribution < 1.29 is 4.42 Å². The van der Waals surface area contributed by atoms with Gasteiger partial charge in [-0.25, -0.2) is 4.79 Å². The summed E-state index contributed by atoms with van der Waals surface area (Å²) in [6.45, 7) is 4.60. The lowest BCUT2D eigenvalue weighted by molar-refractivity contribution is 0.513. The number of oxazole rings is 1. The zero-order valence-corrected chi connectivity index (χ0v) is 10.2. The zero-order chi connectivity index (χ0) is 11.0. The van der Waals surface area contributed by atoms with Gasteiger partial charge in [0.25, 0.3) is 0 Å². The maximum Gasteiger partial charge on any atom is 0.419 e. The van der Waals surface area contributed by atoms with Gasteiger partial charge in [0.05, 0.1) is 5.52 Å². The zero-order valence-electron chi connectivity index (χ0n) is 8.66. The molecule has 1 aromatic heterocycles. The van der Waals surface area contributed by atoms with Crippen LogP contribution in [0, 0.1) is 0 Å². The molecule has 0 amide bonds. The molecule has 0 aliphatic heterocycles. The second kappa shape index (κ2) is 3.85. The highest BCUT2D eigenvalue weighted by atomic mass is 79.9. The minimum Gasteiger partial charge on any atom is -0.408 e. The third-order valence-corrected chi connectivity index (χ3v) is 3.00. The molecule has 15 heavy (non-hydrogen) atoms. The normalized spacial score (nSPS) is 13.3. The summed E-state index contributed by atoms with van der Waals surface area (Å²) in [6, 6.07) is 5.84. The second-order valence-corrected chi connectivity index (χ2v) is 4.83. The fraction of sp³-hybridized carbons (Fsp3) is 0.364. The van der Waals surface area contributed by atoms with Crippen molar-refractivity contribution in [3.63, 3.8) is 0 Å². The highest BCUT2D eigenvalue weighted by Gasteiger charge is 2.09. The van der Waals surface area contributed by atoms with Crippen molar-refractivity contribution in [2.24, 2.45) is 0 Å². The summed E-state index contributed by atoms with van der Waals surface area (Å²) in [5.74, 6) is -0.285. The van der Waals surface area contributed by atoms with E-state index in [1.165, 1.54) is 0 Å². The second-order valence-electron chi connectivity index (χ2n) is 3.46. The highest BCUT2D eigenvalue weighted by molar-refractivity contribution is 9.09. The van der Waals surface area contributed by atoms with Crippen molar-refractivity contribution in [3.8, 4) is 0 Å². The van der Waals surface area contributed by atoms with Crippen LogP contribution in [-0.4, -0.2) is 4.57 Å². The number of alkyl halides is 1. The number of nitrogens with zero attached hydrogens (tertiary/aromatic N) is 1. The molecule has 2 rings (SSSR count). The molecule has 1 heterocycles. The summed E-state index contributed by atoms with van der Waals surface area (Å²) < 4.78 is 6.79. The topological polar surface area (TPSA) is 35.1 Å². The molecule has 0 radical (unpaired) electrons. The lowest BCUT2D eigenvalue weighted by Gasteiger charge is -2.02. The van der Waals surface area contributed by atoms with Crippen molar-refractivity contribution in [2.75, 3.05) is 0 Å². The Hall–Kier alpha value is -1.03. The van der Waals surface area contributed by atoms with E-state index < -0.39 is 0 Å². The smallest absolute Gasteiger partial charge is 0.408 e. The molecule has 2 aromatic rings. The Bertz CT molecular complexity index is 539. The summed E-state index contributed by atoms with van der Waals surface area (Å²) in [4.78, 5) is 11.7. The molecule has 3 nitrogen and oxygen atoms in total. The highest BCUT2D eigenvalue weighted by Crippen LogP contribution is 2.25. The minimum absolute atomic E-state index is 0.261. The van der Waals surface area contributed by atoms with E-state index in [9.17, 15) is 4.79 Å². The van der Waals surface area contributed by atoms with Crippen LogP contribution in [0.5, 0.6) is 0 Å². The number of hydrogen-bond donors (Lipinski definition) is 0. The van der Waals surface area contributed by atoms with Gasteiger partial charge < -0.3 is 4.42 Å². The number of aryl methyl sites for hydroxylation is 1. The molecule has 80 valence electrons. The minimum atomic E-state index is -0.285. The van der Waals surface area contributed by atoms with Gasteiger partial charge in [-0.3, -0.25) is 4.57 Å². The van der Waals surface area contributed by atoms with Crippen molar-refractivity contribution >= 4 is 27.0 Å². The molecule has 0 N–H and O–H groups in total. The average molecular weight is 270 g/mol. The first-order chi connectivity index (χ1) is 7.13. The summed E-state index contributed by atoms with van der Waals surface area (Å²) in [6.07, 6.45) is 0. The van der Waals surface area contributed by atoms with Crippen LogP contribution >= 0.6 is 15.9 Å². The Labute approximate surface area is 95.8 Å². The first-order valence-corrected chi connectivity index (χ1v) is 5.82. The SMILES string of the molecule is CCn1c(=O)oc2cc(C(C)Br)ccc21. The number of fused-ring (bicyclic) bond motifs is 1. The molecule has 0 aliphatic carbocycles. The Morgan fingerprint density at radius 2 is 2.27 bits per heavy atom. The fourth-order valence-electron chi connectivity index (χ4n) is 1.63. The van der Waals surface area contributed by atoms with Crippen molar-refractivity contribution in [2.45, 2.75) is 25.2 Å². The Morgan fingerprint density at radius 3 is 2.87 bits per heavy atom. The van der Waals surface area contributed by atoms with Crippen molar-refractivity contribution in [1.82, 2.24) is 4.57 Å². The van der Waals surface area contributed by atoms with E-state index in [-0.39, 0.29) is 10.6 Å². The molecule has 0 aliphatic rings. The number of hydrogen-bond acceptors (Lipinski definition) is 2. The maximum atomic E-state index is 11.4. The van der Waals surface area contributed by atoms with Gasteiger partial charge >= 0.3 is 5.76 Å². The molecule has 0 fully saturated rings. The van der Waals surface area contributed by atoms with Gasteiger partial charge in [-0.1, -0.05) is 22.0 Å². The van der Waals surface area contributed by atoms with Gasteiger partial charge in [0.2, 0.25) is 0 Å². The first-order valence-electron chi connectivity index (χ1n) is 4.91. The lowest BCUT2D eigenvalue weighted by atomic mass is 10.1. The summed E-state index contributed by atoms with van der Waals surface area (Å²) in [5, 5.41) is 0. The van der Waals surface area contributed by atoms with Gasteiger partial charge in [-0.15, -0.1) is 0 Å². The van der Waals surface area contributed by atoms with Gasteiger partial charge in [0, 0.05) is 11.4 Å². The van der Waals surface area contributed by atoms with Gasteiger partial charge in [-0.05, 0) is 31.5 Å². The molecule has 4 heteroatoms. The van der Waals surface area contributed by atoms with Crippen LogP contribution in [0.1, 0.15) is 24.2 Å². The van der Waals surface area contributed by atoms with E-state index in [2.05, 4.69) is 15.9 Å². The third kappa shape index (κ3) is 1.74. The van der Waals surface area contributed by atoms with Crippen LogP contribution in [0.15, 0.2) is 27.4 Å². The van der Waals surface area contributed by atoms with Crippen LogP contribution < -0.4 is 5.76 Å². The van der Waals surface area contributed by atoms with E-state index in [1.807, 2.05) is 32.0 Å². The van der Waals surface area contributed by atoms with Crippen LogP contribution in [-0.2, 0) is 6.54 Å². The standard InChI is InChI=1S/C11H12BrNO2/c1-3-13-9-5-4-8(7(2)12)6-10(9)15-11(13)14/h4-7H,3H2,1-2H3. The summed E-state index contributed by atoms with van der Waals surface area (Å²) >= 11 is 3.48. The molecule has 1 unspecified atom stereocenters. The number of benzene rings is 1. The number of rotatable bonds is 2. The summed E-state index contributed by atoms with van der Waals surface area (Å²) in [5.41, 5.74) is 2.63. The van der Waals surface area contributed by atoms with Crippen molar-refractivity contribution in [3.05, 3.63) is 34.3 Å². The molecule has 0 bridgehead atoms. The maximum absolute atomic E-state index is 11.4. The largest absolute Gasteiger partial charge is 0.419 e. The molecule has 0 spiro atoms. The molecule has 0 saturated heterocycles. The van der Waals surface area contributed by atoms with E-state index in [1.54, 1.807) is 4.57 Å². The monoisotopic (exact) mass is 269 g/mol. The van der Waals surface area contributed by atoms with Crippen LogP contribution in [0.3, 0.4) is 0 Å². The Morgan fingerprint density at radius 1 is 1.53 bits per heavy atom. The van der Waals surface area contributed by atoms with Crippen LogP contribution in [0.2, 0.25) is 0 Å². The van der Waals surface area contributed by atoms with Gasteiger partial charge in [0.15, 0.2) is 5.58 Å². The first kappa shape index (κ1) is 10.5. The molecular formula is C11H12BrNO2. The fourth-order valence-corrected chi connectivity index (χ4v) is 1.91. The molecular weight excluding hydrogens is 258 g/mol. The average Bonchev–Trinajstić information content (AvgIpc) is 2.51. The van der Waals surface area contributed by atoms with Crippen LogP contribution in [0.4, 0.5) is 0 Å². The van der Waals surface area contributed by atoms with Gasteiger partial charge in [0.1, 0.15) is 0 Å². The van der Waals surface area contributed by atoms with E-state index in [4.69, 9.17) is 4.42 Å². The van der Waals surface area contributed by atoms with E-state index >= 15 is 0 Å². The summed E-state index contributed by atoms with van der Waals surface area (Å²) in [7, 11) is 0. The molecule has 1 aromatic carbocycles. The number of halogens is 1. The predicted molar refractivity (Wildman–Crippen MR) is 63.5 cm³/mol. The van der Waals surface area contributed by atoms with Crippen molar-refractivity contribution in [1.29, 1.82) is 0 Å². The Kier molecular flexibility index (Phi) is 2.69. The van der Waals surface area contributed by atoms with E-state index in [0.29, 0.717) is 12.1 Å². The Balaban J connectivity index is 2.70. The van der Waals surface area contributed by atoms with Gasteiger partial charge in [-0.2, -0.15) is 0 Å². The molecule has 0 saturated carbocycles. The molecule has 1 atom stereocenters.